The van der Waals surface area contributed by atoms with E-state index in [0.29, 0.717) is 71.0 Å². The van der Waals surface area contributed by atoms with Crippen LogP contribution in [0.15, 0.2) is 117 Å². The molecule has 12 nitrogen and oxygen atoms in total. The molecule has 12 aliphatic carbocycles. The molecule has 12 saturated carbocycles. The highest BCUT2D eigenvalue weighted by atomic mass is 32.2. The first-order chi connectivity index (χ1) is 37.0. The van der Waals surface area contributed by atoms with Gasteiger partial charge in [-0.25, -0.2) is 0 Å². The lowest BCUT2D eigenvalue weighted by Gasteiger charge is -2.87. The molecule has 0 N–H and O–H groups in total. The molecule has 0 heterocycles. The maximum Gasteiger partial charge on any atom is 0.296 e. The highest BCUT2D eigenvalue weighted by Crippen LogP contribution is 2.96. The van der Waals surface area contributed by atoms with Crippen LogP contribution in [-0.4, -0.2) is 60.1 Å². The van der Waals surface area contributed by atoms with E-state index in [2.05, 4.69) is 13.8 Å². The zero-order valence-corrected chi connectivity index (χ0v) is 48.7. The van der Waals surface area contributed by atoms with Crippen LogP contribution in [0.5, 0.6) is 0 Å². The fourth-order valence-electron chi connectivity index (χ4n) is 21.9. The van der Waals surface area contributed by atoms with Crippen molar-refractivity contribution in [2.75, 3.05) is 26.4 Å². The van der Waals surface area contributed by atoms with Gasteiger partial charge in [-0.15, -0.1) is 0 Å². The summed E-state index contributed by atoms with van der Waals surface area (Å²) in [5.74, 6) is 5.74. The van der Waals surface area contributed by atoms with E-state index in [-0.39, 0.29) is 104 Å². The molecular formula is C62H74O12S4. The molecular weight excluding hydrogens is 1060 g/mol. The Morgan fingerprint density at radius 3 is 0.718 bits per heavy atom. The van der Waals surface area contributed by atoms with E-state index in [1.807, 2.05) is 27.7 Å². The molecule has 4 aromatic rings. The predicted octanol–water partition coefficient (Wildman–Crippen LogP) is 10.7. The minimum absolute atomic E-state index is 0.0130. The van der Waals surface area contributed by atoms with Gasteiger partial charge >= 0.3 is 0 Å². The van der Waals surface area contributed by atoms with E-state index in [4.69, 9.17) is 16.7 Å². The summed E-state index contributed by atoms with van der Waals surface area (Å²) in [7, 11) is -16.3. The fraction of sp³-hybridized carbons (Fsp3) is 0.613. The average Bonchev–Trinajstić information content (AvgIpc) is 1.43. The Morgan fingerprint density at radius 2 is 0.526 bits per heavy atom. The van der Waals surface area contributed by atoms with Gasteiger partial charge in [0, 0.05) is 0 Å². The molecule has 16 heteroatoms. The predicted molar refractivity (Wildman–Crippen MR) is 291 cm³/mol. The van der Waals surface area contributed by atoms with E-state index < -0.39 is 40.5 Å². The standard InChI is InChI=1S/C62H74O12S4/c1-33-7-15-37(16-8-33)75(63,64)71-29-49-41-23-24-42(50(49)30-72-76(65,66)38-17-9-34(2)10-18-38)54-46-27-45(53(41)54)57-58(46)62(6)60-48-28-47(59(60)61(57,62)5)55-43-25-26-44(56(48)55)52(32-74-78(69,70)40-21-13-36(4)14-22-40)51(43)31-73-77(67,68)39-19-11-35(3)12-20-39/h7-22,41-60H,23-32H2,1-6H3/t41-,42+,43+,44-,45-,46+,47+,48-,49-,50-,51?,52?,53+,54-,55-,56+,57-,58+,59+,60-,61?,62?/m1/s1. The average molecular weight is 1140 g/mol. The third-order valence-electron chi connectivity index (χ3n) is 24.3. The highest BCUT2D eigenvalue weighted by Gasteiger charge is 2.92. The van der Waals surface area contributed by atoms with Gasteiger partial charge in [-0.05, 0) is 244 Å². The van der Waals surface area contributed by atoms with Crippen molar-refractivity contribution >= 4 is 40.5 Å². The van der Waals surface area contributed by atoms with Crippen LogP contribution >= 0.6 is 0 Å². The monoisotopic (exact) mass is 1140 g/mol. The molecule has 78 heavy (non-hydrogen) atoms. The summed E-state index contributed by atoms with van der Waals surface area (Å²) in [5, 5.41) is 0. The minimum Gasteiger partial charge on any atom is -0.266 e. The van der Waals surface area contributed by atoms with Gasteiger partial charge in [-0.2, -0.15) is 33.7 Å². The first kappa shape index (κ1) is 52.6. The third-order valence-corrected chi connectivity index (χ3v) is 29.5. The lowest BCUT2D eigenvalue weighted by molar-refractivity contribution is -0.402. The molecule has 12 aliphatic rings. The molecule has 0 radical (unpaired) electrons. The van der Waals surface area contributed by atoms with Gasteiger partial charge < -0.3 is 0 Å². The van der Waals surface area contributed by atoms with Crippen LogP contribution in [0.1, 0.15) is 74.6 Å². The topological polar surface area (TPSA) is 173 Å². The Balaban J connectivity index is 0.762. The summed E-state index contributed by atoms with van der Waals surface area (Å²) in [6, 6.07) is 26.9. The molecule has 8 bridgehead atoms. The highest BCUT2D eigenvalue weighted by molar-refractivity contribution is 7.87. The summed E-state index contributed by atoms with van der Waals surface area (Å²) in [5.41, 5.74) is 4.05. The number of rotatable bonds is 16. The van der Waals surface area contributed by atoms with Gasteiger partial charge in [-0.3, -0.25) is 16.7 Å². The van der Waals surface area contributed by atoms with Crippen molar-refractivity contribution < 1.29 is 50.4 Å². The molecule has 4 aromatic carbocycles. The Bertz CT molecular complexity index is 3040. The van der Waals surface area contributed by atoms with Crippen LogP contribution in [0, 0.1) is 157 Å². The Kier molecular flexibility index (Phi) is 12.1. The van der Waals surface area contributed by atoms with Gasteiger partial charge in [0.2, 0.25) is 0 Å². The number of aryl methyl sites for hydroxylation is 4. The Labute approximate surface area is 462 Å². The molecule has 0 amide bonds. The van der Waals surface area contributed by atoms with E-state index in [9.17, 15) is 33.7 Å². The van der Waals surface area contributed by atoms with Gasteiger partial charge in [0.05, 0.1) is 46.0 Å². The van der Waals surface area contributed by atoms with Crippen molar-refractivity contribution in [3.63, 3.8) is 0 Å². The SMILES string of the molecule is Cc1ccc(S(=O)(=O)OCC2C(COS(=O)(=O)c3ccc(C)cc3)[C@@H]3CC[C@H]2[C@H]2[C@H]4C[C@@H]([C@H]23)[C@H]2[C@@H]4C3(C)[C@H]4[C@H]5C[C@H]([C@@H]6[C@@H]7CC[C@@H]([C@@H](COS(=O)(=O)c8ccc(C)cc8)[C@@H]7COS(=O)(=O)c7ccc(C)cc7)[C@H]56)[C@H]4C23C)cc1. The van der Waals surface area contributed by atoms with Crippen LogP contribution in [0.4, 0.5) is 0 Å². The van der Waals surface area contributed by atoms with Crippen molar-refractivity contribution in [3.8, 4) is 0 Å². The van der Waals surface area contributed by atoms with E-state index in [1.54, 1.807) is 97.1 Å². The molecule has 0 spiro atoms. The van der Waals surface area contributed by atoms with Crippen molar-refractivity contribution in [2.24, 2.45) is 129 Å². The first-order valence-corrected chi connectivity index (χ1v) is 34.5. The lowest BCUT2D eigenvalue weighted by Crippen LogP contribution is -2.83. The molecule has 12 fully saturated rings. The zero-order valence-electron chi connectivity index (χ0n) is 45.4. The third kappa shape index (κ3) is 7.42. The van der Waals surface area contributed by atoms with E-state index in [1.165, 1.54) is 0 Å². The van der Waals surface area contributed by atoms with Gasteiger partial charge in [-0.1, -0.05) is 84.6 Å². The minimum atomic E-state index is -4.09. The molecule has 0 saturated heterocycles. The summed E-state index contributed by atoms with van der Waals surface area (Å²) in [6.07, 6.45) is 6.16. The molecule has 0 aromatic heterocycles. The maximum atomic E-state index is 13.9. The fourth-order valence-corrected chi connectivity index (χ4v) is 25.7. The van der Waals surface area contributed by atoms with Crippen LogP contribution in [-0.2, 0) is 57.2 Å². The zero-order chi connectivity index (χ0) is 54.4. The molecule has 4 unspecified atom stereocenters. The number of hydrogen-bond acceptors (Lipinski definition) is 12. The van der Waals surface area contributed by atoms with Crippen molar-refractivity contribution in [3.05, 3.63) is 119 Å². The Hall–Kier alpha value is -3.48. The van der Waals surface area contributed by atoms with Gasteiger partial charge in [0.15, 0.2) is 0 Å². The number of benzene rings is 4. The van der Waals surface area contributed by atoms with Crippen LogP contribution in [0.25, 0.3) is 0 Å². The van der Waals surface area contributed by atoms with E-state index >= 15 is 0 Å². The molecule has 418 valence electrons. The summed E-state index contributed by atoms with van der Waals surface area (Å²) >= 11 is 0. The summed E-state index contributed by atoms with van der Waals surface area (Å²) in [4.78, 5) is 0.467. The Morgan fingerprint density at radius 1 is 0.333 bits per heavy atom. The van der Waals surface area contributed by atoms with Crippen molar-refractivity contribution in [2.45, 2.75) is 99.6 Å². The smallest absolute Gasteiger partial charge is 0.266 e. The van der Waals surface area contributed by atoms with Crippen LogP contribution < -0.4 is 0 Å². The van der Waals surface area contributed by atoms with Crippen LogP contribution in [0.2, 0.25) is 0 Å². The van der Waals surface area contributed by atoms with E-state index in [0.717, 1.165) is 60.8 Å². The van der Waals surface area contributed by atoms with Crippen LogP contribution in [0.3, 0.4) is 0 Å². The maximum absolute atomic E-state index is 13.9. The normalized spacial score (nSPS) is 42.1. The molecule has 22 atom stereocenters. The van der Waals surface area contributed by atoms with Gasteiger partial charge in [0.25, 0.3) is 40.5 Å². The van der Waals surface area contributed by atoms with Gasteiger partial charge in [0.1, 0.15) is 0 Å². The number of fused-ring (bicyclic) bond motifs is 19. The summed E-state index contributed by atoms with van der Waals surface area (Å²) in [6.45, 7) is 12.9. The lowest BCUT2D eigenvalue weighted by atomic mass is 9.17. The molecule has 16 rings (SSSR count). The first-order valence-electron chi connectivity index (χ1n) is 28.9. The quantitative estimate of drug-likeness (QED) is 0.0973. The molecule has 0 aliphatic heterocycles. The van der Waals surface area contributed by atoms with Crippen molar-refractivity contribution in [1.29, 1.82) is 0 Å². The second kappa shape index (κ2) is 18.0. The number of hydrogen-bond donors (Lipinski definition) is 0. The summed E-state index contributed by atoms with van der Waals surface area (Å²) < 4.78 is 135. The largest absolute Gasteiger partial charge is 0.296 e. The van der Waals surface area contributed by atoms with Crippen molar-refractivity contribution in [1.82, 2.24) is 0 Å². The second-order valence-electron chi connectivity index (χ2n) is 26.8. The second-order valence-corrected chi connectivity index (χ2v) is 33.2.